The number of nitrogens with zero attached hydrogens (tertiary/aromatic N) is 2. The van der Waals surface area contributed by atoms with Crippen LogP contribution in [0.4, 0.5) is 0 Å². The summed E-state index contributed by atoms with van der Waals surface area (Å²) < 4.78 is 25.9. The largest absolute Gasteiger partial charge is 0.348 e. The van der Waals surface area contributed by atoms with Gasteiger partial charge in [0.1, 0.15) is 0 Å². The Hall–Kier alpha value is -1.40. The van der Waals surface area contributed by atoms with Crippen LogP contribution in [0.15, 0.2) is 29.2 Å². The highest BCUT2D eigenvalue weighted by atomic mass is 32.2. The predicted molar refractivity (Wildman–Crippen MR) is 83.7 cm³/mol. The molecule has 0 radical (unpaired) electrons. The van der Waals surface area contributed by atoms with E-state index in [1.165, 1.54) is 11.9 Å². The lowest BCUT2D eigenvalue weighted by Gasteiger charge is -2.19. The van der Waals surface area contributed by atoms with Gasteiger partial charge in [0, 0.05) is 21.1 Å². The monoisotopic (exact) mass is 312 g/mol. The van der Waals surface area contributed by atoms with Crippen molar-refractivity contribution in [1.29, 1.82) is 0 Å². The second kappa shape index (κ2) is 7.04. The van der Waals surface area contributed by atoms with Crippen LogP contribution in [0, 0.1) is 0 Å². The van der Waals surface area contributed by atoms with Crippen LogP contribution in [-0.2, 0) is 14.8 Å². The fourth-order valence-electron chi connectivity index (χ4n) is 1.80. The number of amides is 1. The standard InChI is InChI=1S/C15H24N2O3S/c1-6-12(2)13-7-9-14(10-8-13)21(19,20)17(5)11-15(18)16(3)4/h7-10,12H,6,11H2,1-5H3. The van der Waals surface area contributed by atoms with Crippen LogP contribution in [0.1, 0.15) is 31.7 Å². The van der Waals surface area contributed by atoms with E-state index in [0.717, 1.165) is 16.3 Å². The number of sulfonamides is 1. The van der Waals surface area contributed by atoms with Crippen molar-refractivity contribution in [2.45, 2.75) is 31.1 Å². The third-order valence-corrected chi connectivity index (χ3v) is 5.44. The molecule has 1 aromatic carbocycles. The zero-order valence-corrected chi connectivity index (χ0v) is 14.1. The van der Waals surface area contributed by atoms with Gasteiger partial charge in [-0.2, -0.15) is 4.31 Å². The van der Waals surface area contributed by atoms with E-state index in [-0.39, 0.29) is 17.3 Å². The molecule has 0 N–H and O–H groups in total. The second-order valence-electron chi connectivity index (χ2n) is 5.43. The molecule has 0 spiro atoms. The first kappa shape index (κ1) is 17.7. The van der Waals surface area contributed by atoms with E-state index in [9.17, 15) is 13.2 Å². The van der Waals surface area contributed by atoms with Crippen molar-refractivity contribution in [1.82, 2.24) is 9.21 Å². The molecule has 0 heterocycles. The molecule has 6 heteroatoms. The Labute approximate surface area is 127 Å². The zero-order valence-electron chi connectivity index (χ0n) is 13.3. The number of likely N-dealkylation sites (N-methyl/N-ethyl adjacent to an activating group) is 2. The summed E-state index contributed by atoms with van der Waals surface area (Å²) >= 11 is 0. The lowest BCUT2D eigenvalue weighted by Crippen LogP contribution is -2.37. The maximum absolute atomic E-state index is 12.4. The van der Waals surface area contributed by atoms with Gasteiger partial charge in [-0.05, 0) is 30.0 Å². The molecule has 118 valence electrons. The van der Waals surface area contributed by atoms with Gasteiger partial charge in [0.25, 0.3) is 0 Å². The molecule has 1 unspecified atom stereocenters. The van der Waals surface area contributed by atoms with E-state index in [4.69, 9.17) is 0 Å². The third kappa shape index (κ3) is 4.28. The summed E-state index contributed by atoms with van der Waals surface area (Å²) in [6.07, 6.45) is 1.00. The minimum atomic E-state index is -3.63. The first-order valence-corrected chi connectivity index (χ1v) is 8.40. The van der Waals surface area contributed by atoms with Crippen LogP contribution in [-0.4, -0.2) is 51.2 Å². The molecule has 0 saturated carbocycles. The zero-order chi connectivity index (χ0) is 16.2. The molecule has 1 amide bonds. The number of hydrogen-bond donors (Lipinski definition) is 0. The molecule has 0 bridgehead atoms. The molecule has 5 nitrogen and oxygen atoms in total. The van der Waals surface area contributed by atoms with Crippen molar-refractivity contribution >= 4 is 15.9 Å². The molecule has 1 rings (SSSR count). The summed E-state index contributed by atoms with van der Waals surface area (Å²) in [7, 11) is 0.987. The van der Waals surface area contributed by atoms with E-state index in [1.54, 1.807) is 26.2 Å². The van der Waals surface area contributed by atoms with Crippen LogP contribution in [0.3, 0.4) is 0 Å². The molecular formula is C15H24N2O3S. The van der Waals surface area contributed by atoms with E-state index in [2.05, 4.69) is 13.8 Å². The maximum Gasteiger partial charge on any atom is 0.243 e. The molecule has 21 heavy (non-hydrogen) atoms. The van der Waals surface area contributed by atoms with Crippen molar-refractivity contribution in [2.24, 2.45) is 0 Å². The van der Waals surface area contributed by atoms with Crippen molar-refractivity contribution < 1.29 is 13.2 Å². The molecule has 0 aliphatic heterocycles. The summed E-state index contributed by atoms with van der Waals surface area (Å²) in [5.74, 6) is 0.145. The average Bonchev–Trinajstić information content (AvgIpc) is 2.46. The van der Waals surface area contributed by atoms with E-state index < -0.39 is 10.0 Å². The molecular weight excluding hydrogens is 288 g/mol. The lowest BCUT2D eigenvalue weighted by atomic mass is 9.99. The highest BCUT2D eigenvalue weighted by Crippen LogP contribution is 2.21. The summed E-state index contributed by atoms with van der Waals surface area (Å²) in [5.41, 5.74) is 1.11. The predicted octanol–water partition coefficient (Wildman–Crippen LogP) is 1.91. The molecule has 0 aromatic heterocycles. The Balaban J connectivity index is 2.95. The topological polar surface area (TPSA) is 57.7 Å². The van der Waals surface area contributed by atoms with Crippen LogP contribution in [0.2, 0.25) is 0 Å². The van der Waals surface area contributed by atoms with Gasteiger partial charge in [-0.3, -0.25) is 4.79 Å². The Kier molecular flexibility index (Phi) is 5.92. The fourth-order valence-corrected chi connectivity index (χ4v) is 2.92. The summed E-state index contributed by atoms with van der Waals surface area (Å²) in [6.45, 7) is 4.03. The van der Waals surface area contributed by atoms with Crippen molar-refractivity contribution in [3.8, 4) is 0 Å². The minimum Gasteiger partial charge on any atom is -0.348 e. The Morgan fingerprint density at radius 3 is 2.10 bits per heavy atom. The van der Waals surface area contributed by atoms with Crippen molar-refractivity contribution in [3.05, 3.63) is 29.8 Å². The second-order valence-corrected chi connectivity index (χ2v) is 7.47. The van der Waals surface area contributed by atoms with Crippen LogP contribution >= 0.6 is 0 Å². The minimum absolute atomic E-state index is 0.164. The quantitative estimate of drug-likeness (QED) is 0.806. The Morgan fingerprint density at radius 1 is 1.14 bits per heavy atom. The Bertz CT molecular complexity index is 579. The smallest absolute Gasteiger partial charge is 0.243 e. The highest BCUT2D eigenvalue weighted by molar-refractivity contribution is 7.89. The SMILES string of the molecule is CCC(C)c1ccc(S(=O)(=O)N(C)CC(=O)N(C)C)cc1. The van der Waals surface area contributed by atoms with Gasteiger partial charge >= 0.3 is 0 Å². The van der Waals surface area contributed by atoms with Gasteiger partial charge in [0.2, 0.25) is 15.9 Å². The van der Waals surface area contributed by atoms with Gasteiger partial charge in [0.15, 0.2) is 0 Å². The molecule has 1 aromatic rings. The average molecular weight is 312 g/mol. The fraction of sp³-hybridized carbons (Fsp3) is 0.533. The normalized spacial score (nSPS) is 13.2. The first-order valence-electron chi connectivity index (χ1n) is 6.96. The van der Waals surface area contributed by atoms with Crippen molar-refractivity contribution in [2.75, 3.05) is 27.7 Å². The van der Waals surface area contributed by atoms with Crippen molar-refractivity contribution in [3.63, 3.8) is 0 Å². The highest BCUT2D eigenvalue weighted by Gasteiger charge is 2.23. The third-order valence-electron chi connectivity index (χ3n) is 3.63. The number of carbonyl (C=O) groups is 1. The van der Waals surface area contributed by atoms with Crippen LogP contribution in [0.5, 0.6) is 0 Å². The van der Waals surface area contributed by atoms with E-state index >= 15 is 0 Å². The first-order chi connectivity index (χ1) is 9.70. The summed E-state index contributed by atoms with van der Waals surface area (Å²) in [4.78, 5) is 13.2. The number of benzene rings is 1. The van der Waals surface area contributed by atoms with Gasteiger partial charge in [0.05, 0.1) is 11.4 Å². The van der Waals surface area contributed by atoms with Gasteiger partial charge in [-0.1, -0.05) is 26.0 Å². The van der Waals surface area contributed by atoms with Crippen LogP contribution in [0.25, 0.3) is 0 Å². The number of rotatable bonds is 6. The lowest BCUT2D eigenvalue weighted by molar-refractivity contribution is -0.128. The molecule has 0 aliphatic carbocycles. The number of hydrogen-bond acceptors (Lipinski definition) is 3. The van der Waals surface area contributed by atoms with Gasteiger partial charge < -0.3 is 4.90 Å². The van der Waals surface area contributed by atoms with E-state index in [0.29, 0.717) is 5.92 Å². The number of carbonyl (C=O) groups excluding carboxylic acids is 1. The molecule has 0 saturated heterocycles. The van der Waals surface area contributed by atoms with Gasteiger partial charge in [-0.25, -0.2) is 8.42 Å². The van der Waals surface area contributed by atoms with Gasteiger partial charge in [-0.15, -0.1) is 0 Å². The molecule has 0 aliphatic rings. The summed E-state index contributed by atoms with van der Waals surface area (Å²) in [5, 5.41) is 0. The molecule has 1 atom stereocenters. The van der Waals surface area contributed by atoms with Crippen LogP contribution < -0.4 is 0 Å². The molecule has 0 fully saturated rings. The van der Waals surface area contributed by atoms with E-state index in [1.807, 2.05) is 12.1 Å². The Morgan fingerprint density at radius 2 is 1.67 bits per heavy atom. The summed E-state index contributed by atoms with van der Waals surface area (Å²) in [6, 6.07) is 6.88. The maximum atomic E-state index is 12.4.